The van der Waals surface area contributed by atoms with Gasteiger partial charge in [-0.3, -0.25) is 9.80 Å². The summed E-state index contributed by atoms with van der Waals surface area (Å²) in [5.74, 6) is 11.2. The number of aromatic hydroxyl groups is 1. The maximum absolute atomic E-state index is 9.32. The van der Waals surface area contributed by atoms with Crippen molar-refractivity contribution in [1.82, 2.24) is 5.01 Å². The molecule has 0 aliphatic carbocycles. The summed E-state index contributed by atoms with van der Waals surface area (Å²) in [6, 6.07) is 10.5. The molecular weight excluding hydrogens is 344 g/mol. The Morgan fingerprint density at radius 1 is 1.24 bits per heavy atom. The number of phenols is 1. The lowest BCUT2D eigenvalue weighted by Crippen LogP contribution is -2.26. The molecule has 7 nitrogen and oxygen atoms in total. The molecule has 0 aliphatic rings. The van der Waals surface area contributed by atoms with Crippen molar-refractivity contribution in [1.29, 1.82) is 0 Å². The summed E-state index contributed by atoms with van der Waals surface area (Å²) in [6.07, 6.45) is 0.528. The zero-order valence-corrected chi connectivity index (χ0v) is 15.2. The van der Waals surface area contributed by atoms with Crippen LogP contribution in [0.2, 0.25) is 5.02 Å². The molecule has 0 aromatic heterocycles. The fourth-order valence-electron chi connectivity index (χ4n) is 1.96. The van der Waals surface area contributed by atoms with E-state index in [0.717, 1.165) is 21.8 Å². The van der Waals surface area contributed by atoms with Gasteiger partial charge in [0.1, 0.15) is 18.1 Å². The Labute approximate surface area is 152 Å². The predicted octanol–water partition coefficient (Wildman–Crippen LogP) is 2.19. The van der Waals surface area contributed by atoms with E-state index in [1.807, 2.05) is 25.1 Å². The van der Waals surface area contributed by atoms with E-state index in [1.54, 1.807) is 18.1 Å². The molecule has 0 fully saturated rings. The van der Waals surface area contributed by atoms with Gasteiger partial charge in [0.15, 0.2) is 0 Å². The van der Waals surface area contributed by atoms with Crippen LogP contribution in [0, 0.1) is 6.92 Å². The van der Waals surface area contributed by atoms with Crippen molar-refractivity contribution in [3.63, 3.8) is 0 Å². The number of carbonyl (C=O) groups excluding carboxylic acids is 1. The number of nitrogens with zero attached hydrogens (tertiary/aromatic N) is 2. The van der Waals surface area contributed by atoms with Gasteiger partial charge in [-0.25, -0.2) is 11.7 Å². The van der Waals surface area contributed by atoms with Crippen molar-refractivity contribution in [2.24, 2.45) is 11.7 Å². The summed E-state index contributed by atoms with van der Waals surface area (Å²) in [5.41, 5.74) is 3.00. The van der Waals surface area contributed by atoms with Crippen LogP contribution in [-0.2, 0) is 11.4 Å². The Morgan fingerprint density at radius 3 is 2.40 bits per heavy atom. The van der Waals surface area contributed by atoms with Crippen molar-refractivity contribution >= 4 is 23.7 Å². The molecule has 1 amide bonds. The summed E-state index contributed by atoms with van der Waals surface area (Å²) < 4.78 is 5.72. The molecule has 0 aliphatic heterocycles. The third kappa shape index (κ3) is 6.50. The van der Waals surface area contributed by atoms with E-state index in [9.17, 15) is 9.90 Å². The second-order valence-corrected chi connectivity index (χ2v) is 5.76. The first-order valence-corrected chi connectivity index (χ1v) is 7.75. The number of nitrogens with two attached hydrogens (primary N) is 2. The van der Waals surface area contributed by atoms with Gasteiger partial charge in [-0.05, 0) is 30.7 Å². The normalized spacial score (nSPS) is 9.68. The Balaban J connectivity index is 0.000000550. The van der Waals surface area contributed by atoms with Gasteiger partial charge < -0.3 is 14.9 Å². The smallest absolute Gasteiger partial charge is 0.223 e. The summed E-state index contributed by atoms with van der Waals surface area (Å²) in [4.78, 5) is 9.31. The van der Waals surface area contributed by atoms with E-state index in [4.69, 9.17) is 28.0 Å². The minimum Gasteiger partial charge on any atom is -0.508 e. The van der Waals surface area contributed by atoms with E-state index >= 15 is 0 Å². The number of benzene rings is 2. The Morgan fingerprint density at radius 2 is 1.88 bits per heavy atom. The van der Waals surface area contributed by atoms with Crippen molar-refractivity contribution in [2.75, 3.05) is 19.1 Å². The van der Waals surface area contributed by atoms with Gasteiger partial charge in [-0.15, -0.1) is 0 Å². The number of ether oxygens (including phenoxy) is 1. The highest BCUT2D eigenvalue weighted by molar-refractivity contribution is 6.32. The Hall–Kier alpha value is -2.48. The quantitative estimate of drug-likeness (QED) is 0.324. The number of hydrogen-bond donors (Lipinski definition) is 3. The molecule has 0 heterocycles. The predicted molar refractivity (Wildman–Crippen MR) is 99.2 cm³/mol. The number of amides is 1. The van der Waals surface area contributed by atoms with E-state index < -0.39 is 0 Å². The maximum Gasteiger partial charge on any atom is 0.223 e. The molecule has 0 atom stereocenters. The van der Waals surface area contributed by atoms with Gasteiger partial charge in [0, 0.05) is 25.7 Å². The molecule has 2 aromatic carbocycles. The number of halogens is 1. The lowest BCUT2D eigenvalue weighted by Gasteiger charge is -2.19. The number of carbonyl (C=O) groups is 1. The molecule has 0 spiro atoms. The standard InChI is InChI=1S/C15H17ClN2O2.C2H6N2O/c1-10-4-3-5-14(18(2)17)12(10)9-20-15-7-6-11(19)8-13(15)16;1-4(3)2-5/h3-8,19H,9,17H2,1-2H3;2H,3H2,1H3. The van der Waals surface area contributed by atoms with Crippen LogP contribution in [0.25, 0.3) is 0 Å². The lowest BCUT2D eigenvalue weighted by atomic mass is 10.1. The van der Waals surface area contributed by atoms with Crippen LogP contribution < -0.4 is 21.4 Å². The molecule has 2 rings (SSSR count). The maximum atomic E-state index is 9.32. The average Bonchev–Trinajstić information content (AvgIpc) is 2.55. The first-order valence-electron chi connectivity index (χ1n) is 7.37. The molecule has 25 heavy (non-hydrogen) atoms. The number of hydrazine groups is 2. The van der Waals surface area contributed by atoms with Crippen molar-refractivity contribution in [3.8, 4) is 11.5 Å². The summed E-state index contributed by atoms with van der Waals surface area (Å²) >= 11 is 6.02. The monoisotopic (exact) mass is 366 g/mol. The van der Waals surface area contributed by atoms with Crippen LogP contribution in [-0.4, -0.2) is 30.6 Å². The molecule has 2 aromatic rings. The molecule has 5 N–H and O–H groups in total. The molecule has 0 bridgehead atoms. The van der Waals surface area contributed by atoms with Crippen molar-refractivity contribution in [3.05, 3.63) is 52.5 Å². The number of anilines is 1. The van der Waals surface area contributed by atoms with E-state index in [1.165, 1.54) is 19.2 Å². The van der Waals surface area contributed by atoms with Gasteiger partial charge >= 0.3 is 0 Å². The van der Waals surface area contributed by atoms with Gasteiger partial charge in [-0.1, -0.05) is 23.7 Å². The Kier molecular flexibility index (Phi) is 8.00. The zero-order chi connectivity index (χ0) is 19.0. The summed E-state index contributed by atoms with van der Waals surface area (Å²) in [7, 11) is 3.25. The first kappa shape index (κ1) is 20.6. The topological polar surface area (TPSA) is 105 Å². The van der Waals surface area contributed by atoms with Gasteiger partial charge in [0.05, 0.1) is 10.7 Å². The van der Waals surface area contributed by atoms with Crippen molar-refractivity contribution in [2.45, 2.75) is 13.5 Å². The van der Waals surface area contributed by atoms with E-state index in [0.29, 0.717) is 23.8 Å². The Bertz CT molecular complexity index is 708. The number of phenolic OH excluding ortho intramolecular Hbond substituents is 1. The highest BCUT2D eigenvalue weighted by Crippen LogP contribution is 2.30. The van der Waals surface area contributed by atoms with Crippen LogP contribution in [0.1, 0.15) is 11.1 Å². The molecule has 0 unspecified atom stereocenters. The van der Waals surface area contributed by atoms with Crippen LogP contribution >= 0.6 is 11.6 Å². The molecule has 0 saturated carbocycles. The van der Waals surface area contributed by atoms with Crippen molar-refractivity contribution < 1.29 is 14.6 Å². The molecule has 136 valence electrons. The molecule has 0 radical (unpaired) electrons. The number of rotatable bonds is 5. The largest absolute Gasteiger partial charge is 0.508 e. The summed E-state index contributed by atoms with van der Waals surface area (Å²) in [6.45, 7) is 2.36. The number of aryl methyl sites for hydroxylation is 1. The highest BCUT2D eigenvalue weighted by atomic mass is 35.5. The third-order valence-corrected chi connectivity index (χ3v) is 3.51. The molecule has 0 saturated heterocycles. The molecule has 8 heteroatoms. The van der Waals surface area contributed by atoms with E-state index in [-0.39, 0.29) is 5.75 Å². The van der Waals surface area contributed by atoms with Crippen LogP contribution in [0.4, 0.5) is 5.69 Å². The third-order valence-electron chi connectivity index (χ3n) is 3.22. The van der Waals surface area contributed by atoms with E-state index in [2.05, 4.69) is 0 Å². The fourth-order valence-corrected chi connectivity index (χ4v) is 2.19. The minimum atomic E-state index is 0.112. The zero-order valence-electron chi connectivity index (χ0n) is 14.4. The van der Waals surface area contributed by atoms with Gasteiger partial charge in [0.25, 0.3) is 0 Å². The number of hydrogen-bond acceptors (Lipinski definition) is 6. The van der Waals surface area contributed by atoms with Crippen LogP contribution in [0.5, 0.6) is 11.5 Å². The first-order chi connectivity index (χ1) is 11.8. The highest BCUT2D eigenvalue weighted by Gasteiger charge is 2.10. The van der Waals surface area contributed by atoms with Gasteiger partial charge in [0.2, 0.25) is 6.41 Å². The molecular formula is C17H23ClN4O3. The lowest BCUT2D eigenvalue weighted by molar-refractivity contribution is -0.117. The SMILES string of the molecule is CN(N)C=O.Cc1cccc(N(C)N)c1COc1ccc(O)cc1Cl. The van der Waals surface area contributed by atoms with Gasteiger partial charge in [-0.2, -0.15) is 0 Å². The second kappa shape index (κ2) is 9.73. The average molecular weight is 367 g/mol. The fraction of sp³-hybridized carbons (Fsp3) is 0.235. The van der Waals surface area contributed by atoms with Crippen LogP contribution in [0.15, 0.2) is 36.4 Å². The minimum absolute atomic E-state index is 0.112. The second-order valence-electron chi connectivity index (χ2n) is 5.36. The summed E-state index contributed by atoms with van der Waals surface area (Å²) in [5, 5.41) is 12.2. The van der Waals surface area contributed by atoms with Crippen LogP contribution in [0.3, 0.4) is 0 Å².